The van der Waals surface area contributed by atoms with Crippen LogP contribution >= 0.6 is 11.8 Å². The van der Waals surface area contributed by atoms with E-state index in [4.69, 9.17) is 0 Å². The molecule has 1 aromatic rings. The van der Waals surface area contributed by atoms with E-state index in [1.165, 1.54) is 55.7 Å². The zero-order chi connectivity index (χ0) is 13.8. The maximum atomic E-state index is 3.81. The summed E-state index contributed by atoms with van der Waals surface area (Å²) in [5, 5.41) is 7.53. The molecule has 2 N–H and O–H groups in total. The Hall–Kier alpha value is -0.670. The summed E-state index contributed by atoms with van der Waals surface area (Å²) in [6.07, 6.45) is 10.4. The summed E-state index contributed by atoms with van der Waals surface area (Å²) < 4.78 is 0. The zero-order valence-corrected chi connectivity index (χ0v) is 13.2. The van der Waals surface area contributed by atoms with E-state index in [1.54, 1.807) is 11.8 Å². The molecule has 0 bridgehead atoms. The second kappa shape index (κ2) is 6.86. The van der Waals surface area contributed by atoms with Crippen molar-refractivity contribution >= 4 is 17.4 Å². The maximum absolute atomic E-state index is 3.81. The highest BCUT2D eigenvalue weighted by Crippen LogP contribution is 2.32. The van der Waals surface area contributed by atoms with Gasteiger partial charge in [0.15, 0.2) is 0 Å². The van der Waals surface area contributed by atoms with Gasteiger partial charge in [0, 0.05) is 22.7 Å². The molecule has 1 aromatic carbocycles. The topological polar surface area (TPSA) is 24.1 Å². The number of nitrogens with one attached hydrogen (secondary N) is 2. The fourth-order valence-electron chi connectivity index (χ4n) is 3.80. The number of benzene rings is 1. The van der Waals surface area contributed by atoms with E-state index < -0.39 is 0 Å². The number of hydrogen-bond acceptors (Lipinski definition) is 3. The Balaban J connectivity index is 1.66. The molecule has 0 amide bonds. The first-order valence-corrected chi connectivity index (χ1v) is 9.23. The number of thioether (sulfide) groups is 1. The second-order valence-corrected chi connectivity index (χ2v) is 7.01. The Morgan fingerprint density at radius 1 is 1.05 bits per heavy atom. The van der Waals surface area contributed by atoms with E-state index in [2.05, 4.69) is 41.2 Å². The first-order chi connectivity index (χ1) is 9.86. The molecule has 3 unspecified atom stereocenters. The first-order valence-electron chi connectivity index (χ1n) is 8.01. The standard InChI is InChI=1S/C17H26N2S/c1-20-14-10-8-13(9-11-14)19-17-6-3-2-5-15(17)16-7-4-12-18-16/h8-11,15-19H,2-7,12H2,1H3. The summed E-state index contributed by atoms with van der Waals surface area (Å²) in [5.74, 6) is 0.812. The van der Waals surface area contributed by atoms with Gasteiger partial charge in [-0.25, -0.2) is 0 Å². The molecule has 0 spiro atoms. The van der Waals surface area contributed by atoms with Crippen LogP contribution in [0.2, 0.25) is 0 Å². The molecule has 20 heavy (non-hydrogen) atoms. The molecule has 3 atom stereocenters. The van der Waals surface area contributed by atoms with Crippen LogP contribution in [0.25, 0.3) is 0 Å². The fraction of sp³-hybridized carbons (Fsp3) is 0.647. The van der Waals surface area contributed by atoms with E-state index in [0.717, 1.165) is 12.0 Å². The lowest BCUT2D eigenvalue weighted by Gasteiger charge is -2.36. The predicted molar refractivity (Wildman–Crippen MR) is 88.6 cm³/mol. The van der Waals surface area contributed by atoms with Crippen LogP contribution in [0.15, 0.2) is 29.2 Å². The minimum Gasteiger partial charge on any atom is -0.382 e. The van der Waals surface area contributed by atoms with Gasteiger partial charge >= 0.3 is 0 Å². The first kappa shape index (κ1) is 14.3. The Bertz CT molecular complexity index is 412. The third-order valence-corrected chi connectivity index (χ3v) is 5.62. The monoisotopic (exact) mass is 290 g/mol. The van der Waals surface area contributed by atoms with Gasteiger partial charge in [-0.1, -0.05) is 12.8 Å². The van der Waals surface area contributed by atoms with Crippen molar-refractivity contribution in [3.63, 3.8) is 0 Å². The number of anilines is 1. The molecule has 3 heteroatoms. The van der Waals surface area contributed by atoms with Gasteiger partial charge in [0.25, 0.3) is 0 Å². The van der Waals surface area contributed by atoms with Crippen molar-refractivity contribution < 1.29 is 0 Å². The predicted octanol–water partition coefficient (Wildman–Crippen LogP) is 4.13. The van der Waals surface area contributed by atoms with Crippen LogP contribution in [0.5, 0.6) is 0 Å². The lowest BCUT2D eigenvalue weighted by molar-refractivity contribution is 0.263. The lowest BCUT2D eigenvalue weighted by Crippen LogP contribution is -2.43. The van der Waals surface area contributed by atoms with Crippen molar-refractivity contribution in [3.8, 4) is 0 Å². The normalized spacial score (nSPS) is 30.4. The third-order valence-electron chi connectivity index (χ3n) is 4.88. The average Bonchev–Trinajstić information content (AvgIpc) is 3.03. The highest BCUT2D eigenvalue weighted by molar-refractivity contribution is 7.98. The van der Waals surface area contributed by atoms with Gasteiger partial charge < -0.3 is 10.6 Å². The number of rotatable bonds is 4. The second-order valence-electron chi connectivity index (χ2n) is 6.13. The quantitative estimate of drug-likeness (QED) is 0.815. The molecule has 1 aliphatic heterocycles. The number of hydrogen-bond donors (Lipinski definition) is 2. The average molecular weight is 290 g/mol. The Morgan fingerprint density at radius 3 is 2.55 bits per heavy atom. The molecule has 0 radical (unpaired) electrons. The van der Waals surface area contributed by atoms with Gasteiger partial charge in [-0.05, 0) is 68.7 Å². The molecule has 3 rings (SSSR count). The summed E-state index contributed by atoms with van der Waals surface area (Å²) in [4.78, 5) is 1.34. The van der Waals surface area contributed by atoms with Crippen LogP contribution in [-0.4, -0.2) is 24.9 Å². The van der Waals surface area contributed by atoms with E-state index in [0.29, 0.717) is 6.04 Å². The fourth-order valence-corrected chi connectivity index (χ4v) is 4.21. The van der Waals surface area contributed by atoms with Gasteiger partial charge in [0.1, 0.15) is 0 Å². The highest BCUT2D eigenvalue weighted by atomic mass is 32.2. The third kappa shape index (κ3) is 3.32. The molecular formula is C17H26N2S. The summed E-state index contributed by atoms with van der Waals surface area (Å²) in [5.41, 5.74) is 1.29. The zero-order valence-electron chi connectivity index (χ0n) is 12.4. The van der Waals surface area contributed by atoms with Crippen LogP contribution in [0.1, 0.15) is 38.5 Å². The lowest BCUT2D eigenvalue weighted by atomic mass is 9.79. The van der Waals surface area contributed by atoms with Crippen LogP contribution in [0, 0.1) is 5.92 Å². The van der Waals surface area contributed by atoms with Crippen molar-refractivity contribution in [1.82, 2.24) is 5.32 Å². The minimum atomic E-state index is 0.652. The van der Waals surface area contributed by atoms with Gasteiger partial charge in [-0.2, -0.15) is 0 Å². The maximum Gasteiger partial charge on any atom is 0.0343 e. The molecular weight excluding hydrogens is 264 g/mol. The minimum absolute atomic E-state index is 0.652. The summed E-state index contributed by atoms with van der Waals surface area (Å²) >= 11 is 1.81. The van der Waals surface area contributed by atoms with E-state index in [-0.39, 0.29) is 0 Å². The van der Waals surface area contributed by atoms with Gasteiger partial charge in [0.2, 0.25) is 0 Å². The SMILES string of the molecule is CSc1ccc(NC2CCCCC2C2CCCN2)cc1. The molecule has 1 aliphatic carbocycles. The van der Waals surface area contributed by atoms with Crippen molar-refractivity contribution in [1.29, 1.82) is 0 Å². The van der Waals surface area contributed by atoms with Crippen molar-refractivity contribution in [3.05, 3.63) is 24.3 Å². The van der Waals surface area contributed by atoms with Crippen LogP contribution in [0.3, 0.4) is 0 Å². The smallest absolute Gasteiger partial charge is 0.0343 e. The highest BCUT2D eigenvalue weighted by Gasteiger charge is 2.33. The van der Waals surface area contributed by atoms with Crippen molar-refractivity contribution in [2.75, 3.05) is 18.1 Å². The van der Waals surface area contributed by atoms with Crippen LogP contribution in [0.4, 0.5) is 5.69 Å². The molecule has 0 aromatic heterocycles. The van der Waals surface area contributed by atoms with Gasteiger partial charge in [-0.3, -0.25) is 0 Å². The van der Waals surface area contributed by atoms with Gasteiger partial charge in [0.05, 0.1) is 0 Å². The summed E-state index contributed by atoms with van der Waals surface area (Å²) in [6.45, 7) is 1.22. The van der Waals surface area contributed by atoms with E-state index >= 15 is 0 Å². The van der Waals surface area contributed by atoms with Crippen molar-refractivity contribution in [2.45, 2.75) is 55.5 Å². The van der Waals surface area contributed by atoms with Crippen molar-refractivity contribution in [2.24, 2.45) is 5.92 Å². The molecule has 1 saturated heterocycles. The van der Waals surface area contributed by atoms with E-state index in [9.17, 15) is 0 Å². The van der Waals surface area contributed by atoms with E-state index in [1.807, 2.05) is 0 Å². The summed E-state index contributed by atoms with van der Waals surface area (Å²) in [6, 6.07) is 10.3. The molecule has 1 heterocycles. The Morgan fingerprint density at radius 2 is 1.85 bits per heavy atom. The Kier molecular flexibility index (Phi) is 4.90. The van der Waals surface area contributed by atoms with Crippen LogP contribution < -0.4 is 10.6 Å². The summed E-state index contributed by atoms with van der Waals surface area (Å²) in [7, 11) is 0. The molecule has 2 nitrogen and oxygen atoms in total. The molecule has 2 aliphatic rings. The Labute approximate surface area is 127 Å². The molecule has 110 valence electrons. The van der Waals surface area contributed by atoms with Crippen LogP contribution in [-0.2, 0) is 0 Å². The largest absolute Gasteiger partial charge is 0.382 e. The molecule has 1 saturated carbocycles. The molecule has 2 fully saturated rings. The van der Waals surface area contributed by atoms with Gasteiger partial charge in [-0.15, -0.1) is 11.8 Å².